The first-order valence-corrected chi connectivity index (χ1v) is 12.0. The Hall–Kier alpha value is -1.90. The van der Waals surface area contributed by atoms with Gasteiger partial charge >= 0.3 is 0 Å². The van der Waals surface area contributed by atoms with Crippen molar-refractivity contribution in [2.45, 2.75) is 47.0 Å². The molecule has 0 saturated heterocycles. The van der Waals surface area contributed by atoms with Gasteiger partial charge < -0.3 is 9.15 Å². The topological polar surface area (TPSA) is 84.7 Å². The van der Waals surface area contributed by atoms with Crippen LogP contribution in [0.4, 0.5) is 0 Å². The van der Waals surface area contributed by atoms with E-state index in [0.29, 0.717) is 42.9 Å². The van der Waals surface area contributed by atoms with Gasteiger partial charge in [-0.05, 0) is 48.9 Å². The number of nitrogens with one attached hydrogen (secondary N) is 1. The summed E-state index contributed by atoms with van der Waals surface area (Å²) >= 11 is 0. The van der Waals surface area contributed by atoms with E-state index < -0.39 is 10.2 Å². The van der Waals surface area contributed by atoms with Crippen molar-refractivity contribution in [1.82, 2.24) is 14.0 Å². The normalized spacial score (nSPS) is 12.3. The van der Waals surface area contributed by atoms with Crippen LogP contribution in [0.3, 0.4) is 0 Å². The molecule has 1 aromatic heterocycles. The highest BCUT2D eigenvalue weighted by Gasteiger charge is 2.22. The van der Waals surface area contributed by atoms with Crippen molar-refractivity contribution in [2.24, 2.45) is 11.8 Å². The predicted molar refractivity (Wildman–Crippen MR) is 120 cm³/mol. The molecule has 0 atom stereocenters. The van der Waals surface area contributed by atoms with Gasteiger partial charge in [-0.2, -0.15) is 12.7 Å². The predicted octanol–water partition coefficient (Wildman–Crippen LogP) is 4.12. The van der Waals surface area contributed by atoms with Crippen LogP contribution >= 0.6 is 0 Å². The second-order valence-corrected chi connectivity index (χ2v) is 10.0. The van der Waals surface area contributed by atoms with Gasteiger partial charge in [0, 0.05) is 31.6 Å². The molecule has 168 valence electrons. The van der Waals surface area contributed by atoms with Crippen LogP contribution in [0.25, 0.3) is 11.5 Å². The number of nitrogens with zero attached hydrogens (tertiary/aromatic N) is 2. The van der Waals surface area contributed by atoms with E-state index in [0.717, 1.165) is 24.2 Å². The SMILES string of the molecule is COc1ccc(-c2nc(CCNS(=O)(=O)N(CCC(C)C)CCC(C)C)co2)cc1. The fraction of sp³-hybridized carbons (Fsp3) is 0.591. The Kier molecular flexibility index (Phi) is 9.33. The fourth-order valence-electron chi connectivity index (χ4n) is 2.84. The summed E-state index contributed by atoms with van der Waals surface area (Å²) in [5.41, 5.74) is 1.55. The average molecular weight is 438 g/mol. The third kappa shape index (κ3) is 7.74. The zero-order valence-corrected chi connectivity index (χ0v) is 19.5. The van der Waals surface area contributed by atoms with Crippen molar-refractivity contribution in [2.75, 3.05) is 26.7 Å². The van der Waals surface area contributed by atoms with Crippen LogP contribution in [0.2, 0.25) is 0 Å². The molecule has 0 unspecified atom stereocenters. The van der Waals surface area contributed by atoms with E-state index in [9.17, 15) is 8.42 Å². The molecule has 2 rings (SSSR count). The highest BCUT2D eigenvalue weighted by Crippen LogP contribution is 2.21. The molecule has 0 aliphatic carbocycles. The maximum atomic E-state index is 12.8. The lowest BCUT2D eigenvalue weighted by atomic mass is 10.1. The summed E-state index contributed by atoms with van der Waals surface area (Å²) in [6.07, 6.45) is 3.71. The van der Waals surface area contributed by atoms with Gasteiger partial charge in [0.2, 0.25) is 5.89 Å². The maximum absolute atomic E-state index is 12.8. The molecule has 0 bridgehead atoms. The van der Waals surface area contributed by atoms with E-state index in [4.69, 9.17) is 9.15 Å². The minimum atomic E-state index is -3.53. The molecule has 0 aliphatic rings. The highest BCUT2D eigenvalue weighted by atomic mass is 32.2. The van der Waals surface area contributed by atoms with Crippen LogP contribution < -0.4 is 9.46 Å². The number of hydrogen-bond acceptors (Lipinski definition) is 5. The second kappa shape index (κ2) is 11.5. The quantitative estimate of drug-likeness (QED) is 0.509. The van der Waals surface area contributed by atoms with Gasteiger partial charge in [-0.15, -0.1) is 0 Å². The Morgan fingerprint density at radius 1 is 1.07 bits per heavy atom. The fourth-order valence-corrected chi connectivity index (χ4v) is 4.08. The van der Waals surface area contributed by atoms with E-state index in [-0.39, 0.29) is 6.54 Å². The Bertz CT molecular complexity index is 849. The maximum Gasteiger partial charge on any atom is 0.279 e. The smallest absolute Gasteiger partial charge is 0.279 e. The standard InChI is InChI=1S/C22H35N3O4S/c1-17(2)11-14-25(15-12-18(3)4)30(26,27)23-13-10-20-16-29-22(24-20)19-6-8-21(28-5)9-7-19/h6-9,16-18,23H,10-15H2,1-5H3. The minimum Gasteiger partial charge on any atom is -0.497 e. The Labute approximate surface area is 181 Å². The molecule has 0 radical (unpaired) electrons. The summed E-state index contributed by atoms with van der Waals surface area (Å²) < 4.78 is 40.6. The number of methoxy groups -OCH3 is 1. The van der Waals surface area contributed by atoms with Crippen LogP contribution in [0.5, 0.6) is 5.75 Å². The lowest BCUT2D eigenvalue weighted by Crippen LogP contribution is -2.43. The van der Waals surface area contributed by atoms with Crippen LogP contribution in [-0.4, -0.2) is 44.5 Å². The molecule has 0 spiro atoms. The number of benzene rings is 1. The summed E-state index contributed by atoms with van der Waals surface area (Å²) in [6, 6.07) is 7.43. The van der Waals surface area contributed by atoms with E-state index in [2.05, 4.69) is 37.4 Å². The molecule has 2 aromatic rings. The van der Waals surface area contributed by atoms with Gasteiger partial charge in [0.05, 0.1) is 12.8 Å². The third-order valence-electron chi connectivity index (χ3n) is 4.81. The molecule has 8 heteroatoms. The van der Waals surface area contributed by atoms with E-state index in [1.807, 2.05) is 24.3 Å². The minimum absolute atomic E-state index is 0.275. The first kappa shape index (κ1) is 24.4. The van der Waals surface area contributed by atoms with E-state index >= 15 is 0 Å². The van der Waals surface area contributed by atoms with Crippen LogP contribution in [-0.2, 0) is 16.6 Å². The second-order valence-electron chi connectivity index (χ2n) is 8.29. The van der Waals surface area contributed by atoms with Gasteiger partial charge in [-0.25, -0.2) is 9.71 Å². The monoisotopic (exact) mass is 437 g/mol. The number of rotatable bonds is 13. The van der Waals surface area contributed by atoms with Gasteiger partial charge in [0.1, 0.15) is 12.0 Å². The first-order chi connectivity index (χ1) is 14.2. The Morgan fingerprint density at radius 3 is 2.20 bits per heavy atom. The Balaban J connectivity index is 1.93. The highest BCUT2D eigenvalue weighted by molar-refractivity contribution is 7.87. The zero-order chi connectivity index (χ0) is 22.1. The largest absolute Gasteiger partial charge is 0.497 e. The lowest BCUT2D eigenvalue weighted by Gasteiger charge is -2.24. The van der Waals surface area contributed by atoms with Crippen molar-refractivity contribution in [3.05, 3.63) is 36.2 Å². The number of ether oxygens (including phenoxy) is 1. The van der Waals surface area contributed by atoms with Crippen molar-refractivity contribution < 1.29 is 17.6 Å². The third-order valence-corrected chi connectivity index (χ3v) is 6.42. The Morgan fingerprint density at radius 2 is 1.67 bits per heavy atom. The molecule has 30 heavy (non-hydrogen) atoms. The summed E-state index contributed by atoms with van der Waals surface area (Å²) in [4.78, 5) is 4.46. The number of aromatic nitrogens is 1. The number of oxazole rings is 1. The van der Waals surface area contributed by atoms with Gasteiger partial charge in [-0.3, -0.25) is 0 Å². The summed E-state index contributed by atoms with van der Waals surface area (Å²) in [5, 5.41) is 0. The van der Waals surface area contributed by atoms with Gasteiger partial charge in [0.15, 0.2) is 0 Å². The summed E-state index contributed by atoms with van der Waals surface area (Å²) in [5.74, 6) is 2.17. The van der Waals surface area contributed by atoms with Crippen molar-refractivity contribution >= 4 is 10.2 Å². The molecule has 1 heterocycles. The molecule has 1 N–H and O–H groups in total. The molecule has 1 aromatic carbocycles. The molecule has 7 nitrogen and oxygen atoms in total. The van der Waals surface area contributed by atoms with Crippen molar-refractivity contribution in [1.29, 1.82) is 0 Å². The first-order valence-electron chi connectivity index (χ1n) is 10.5. The van der Waals surface area contributed by atoms with Crippen molar-refractivity contribution in [3.63, 3.8) is 0 Å². The summed E-state index contributed by atoms with van der Waals surface area (Å²) in [7, 11) is -1.91. The van der Waals surface area contributed by atoms with E-state index in [1.54, 1.807) is 17.7 Å². The van der Waals surface area contributed by atoms with Gasteiger partial charge in [0.25, 0.3) is 10.2 Å². The van der Waals surface area contributed by atoms with E-state index in [1.165, 1.54) is 0 Å². The molecular formula is C22H35N3O4S. The summed E-state index contributed by atoms with van der Waals surface area (Å²) in [6.45, 7) is 9.75. The van der Waals surface area contributed by atoms with Crippen LogP contribution in [0.1, 0.15) is 46.2 Å². The molecule has 0 amide bonds. The van der Waals surface area contributed by atoms with Crippen LogP contribution in [0, 0.1) is 11.8 Å². The van der Waals surface area contributed by atoms with Crippen LogP contribution in [0.15, 0.2) is 34.9 Å². The lowest BCUT2D eigenvalue weighted by molar-refractivity contribution is 0.352. The van der Waals surface area contributed by atoms with Gasteiger partial charge in [-0.1, -0.05) is 27.7 Å². The molecule has 0 saturated carbocycles. The average Bonchev–Trinajstić information content (AvgIpc) is 3.16. The molecular weight excluding hydrogens is 402 g/mol. The van der Waals surface area contributed by atoms with Crippen molar-refractivity contribution in [3.8, 4) is 17.2 Å². The number of hydrogen-bond donors (Lipinski definition) is 1. The molecule has 0 aliphatic heterocycles. The molecule has 0 fully saturated rings. The zero-order valence-electron chi connectivity index (χ0n) is 18.7.